The zero-order chi connectivity index (χ0) is 41.5. The van der Waals surface area contributed by atoms with Gasteiger partial charge in [0.25, 0.3) is 0 Å². The van der Waals surface area contributed by atoms with Crippen molar-refractivity contribution in [2.24, 2.45) is 17.8 Å². The highest BCUT2D eigenvalue weighted by molar-refractivity contribution is 7.66. The minimum atomic E-state index is -4.50. The van der Waals surface area contributed by atoms with Crippen LogP contribution in [0.1, 0.15) is 80.1 Å². The van der Waals surface area contributed by atoms with Crippen LogP contribution in [0.25, 0.3) is 0 Å². The van der Waals surface area contributed by atoms with Crippen LogP contribution in [0.4, 0.5) is 4.53 Å². The second-order valence-electron chi connectivity index (χ2n) is 15.1. The van der Waals surface area contributed by atoms with Crippen LogP contribution in [0, 0.1) is 17.8 Å². The summed E-state index contributed by atoms with van der Waals surface area (Å²) in [6.07, 6.45) is -9.90. The van der Waals surface area contributed by atoms with E-state index in [2.05, 4.69) is 47.4 Å². The Bertz CT molecular complexity index is 1310. The standard InChI is InChI=1S/C34H65FN2O16P2/c1-10-14-19(11-2)21(13-4)29-24(36-7)20(12-3)15-34(6,49-29)50-31-26(41)22(16-38)46-33(28(31)43)48-30-23(17-39)47-32(25(27(30)42)37-18(5)40)51-54(8,44)53-55(9,45)52-35/h19-33,36,38-39,41-43H,10-17H2,1-9H3,(H,37,40)/t19-,20-,21-,22?,23?,24-,25?,26+,27-,28?,29?,30-,31+,32-,33+,34-,54?,55?/m1/s1. The van der Waals surface area contributed by atoms with E-state index in [1.54, 1.807) is 6.92 Å². The molecule has 0 spiro atoms. The van der Waals surface area contributed by atoms with Crippen molar-refractivity contribution in [1.29, 1.82) is 0 Å². The lowest BCUT2D eigenvalue weighted by atomic mass is 9.73. The Morgan fingerprint density at radius 2 is 1.56 bits per heavy atom. The molecule has 1 amide bonds. The van der Waals surface area contributed by atoms with Crippen LogP contribution in [0.15, 0.2) is 0 Å². The molecule has 3 aliphatic rings. The van der Waals surface area contributed by atoms with E-state index in [-0.39, 0.29) is 24.0 Å². The van der Waals surface area contributed by atoms with Crippen LogP contribution in [-0.2, 0) is 51.2 Å². The highest BCUT2D eigenvalue weighted by atomic mass is 31.3. The number of likely N-dealkylation sites (N-methyl/N-ethyl adjacent to an activating group) is 1. The van der Waals surface area contributed by atoms with Crippen LogP contribution in [0.5, 0.6) is 0 Å². The number of hydrogen-bond donors (Lipinski definition) is 7. The third kappa shape index (κ3) is 12.2. The molecule has 55 heavy (non-hydrogen) atoms. The summed E-state index contributed by atoms with van der Waals surface area (Å²) in [6, 6.07) is -1.59. The minimum Gasteiger partial charge on any atom is -0.394 e. The molecule has 0 bridgehead atoms. The van der Waals surface area contributed by atoms with Gasteiger partial charge in [-0.05, 0) is 36.3 Å². The number of halogens is 1. The molecule has 0 saturated carbocycles. The van der Waals surface area contributed by atoms with Crippen molar-refractivity contribution in [3.8, 4) is 0 Å². The molecule has 7 N–H and O–H groups in total. The topological polar surface area (TPSA) is 250 Å². The summed E-state index contributed by atoms with van der Waals surface area (Å²) in [7, 11) is -7.08. The van der Waals surface area contributed by atoms with Gasteiger partial charge in [0.15, 0.2) is 18.4 Å². The third-order valence-electron chi connectivity index (χ3n) is 10.9. The molecule has 3 saturated heterocycles. The van der Waals surface area contributed by atoms with Crippen LogP contribution < -0.4 is 10.6 Å². The number of aliphatic hydroxyl groups excluding tert-OH is 5. The lowest BCUT2D eigenvalue weighted by molar-refractivity contribution is -0.382. The van der Waals surface area contributed by atoms with Gasteiger partial charge in [-0.25, -0.2) is 4.31 Å². The van der Waals surface area contributed by atoms with E-state index in [4.69, 9.17) is 28.2 Å². The number of ether oxygens (including phenoxy) is 5. The zero-order valence-corrected chi connectivity index (χ0v) is 35.1. The van der Waals surface area contributed by atoms with Crippen molar-refractivity contribution < 1.29 is 81.2 Å². The lowest BCUT2D eigenvalue weighted by Crippen LogP contribution is -2.68. The fourth-order valence-electron chi connectivity index (χ4n) is 8.38. The Labute approximate surface area is 323 Å². The molecule has 3 aliphatic heterocycles. The zero-order valence-electron chi connectivity index (χ0n) is 33.3. The molecule has 18 atom stereocenters. The summed E-state index contributed by atoms with van der Waals surface area (Å²) in [6.45, 7) is 11.3. The molecule has 0 aliphatic carbocycles. The Kier molecular flexibility index (Phi) is 18.6. The summed E-state index contributed by atoms with van der Waals surface area (Å²) >= 11 is 0. The number of rotatable bonds is 20. The van der Waals surface area contributed by atoms with Gasteiger partial charge in [-0.15, -0.1) is 4.73 Å². The molecule has 7 unspecified atom stereocenters. The largest absolute Gasteiger partial charge is 0.394 e. The minimum absolute atomic E-state index is 0.00703. The smallest absolute Gasteiger partial charge is 0.367 e. The van der Waals surface area contributed by atoms with Crippen molar-refractivity contribution >= 4 is 21.1 Å². The van der Waals surface area contributed by atoms with Crippen molar-refractivity contribution in [1.82, 2.24) is 10.6 Å². The molecule has 0 radical (unpaired) electrons. The number of hydrogen-bond acceptors (Lipinski definition) is 17. The van der Waals surface area contributed by atoms with Gasteiger partial charge in [-0.3, -0.25) is 18.4 Å². The number of carbonyl (C=O) groups is 1. The normalized spacial score (nSPS) is 40.5. The van der Waals surface area contributed by atoms with Gasteiger partial charge in [0.1, 0.15) is 48.8 Å². The SMILES string of the molecule is CCC[C@@H](CC)[C@@H](CC)C1O[C@](C)(O[C@@H]2C(O)[C@H](O[C@@H]3C(CO)O[C@H](OP(C)(=O)OP(C)(=O)OF)C(NC(C)=O)[C@H]3O)OC(CO)[C@@H]2O)C[C@@H](CC)[C@H]1NC. The molecule has 0 aromatic carbocycles. The lowest BCUT2D eigenvalue weighted by Gasteiger charge is -2.53. The van der Waals surface area contributed by atoms with Crippen molar-refractivity contribution in [2.75, 3.05) is 33.6 Å². The quantitative estimate of drug-likeness (QED) is 0.0870. The van der Waals surface area contributed by atoms with E-state index in [9.17, 15) is 44.0 Å². The van der Waals surface area contributed by atoms with Crippen molar-refractivity contribution in [2.45, 2.75) is 159 Å². The number of amides is 1. The van der Waals surface area contributed by atoms with Gasteiger partial charge in [0.2, 0.25) is 5.91 Å². The van der Waals surface area contributed by atoms with E-state index in [0.29, 0.717) is 19.0 Å². The van der Waals surface area contributed by atoms with E-state index < -0.39 is 101 Å². The molecule has 0 aromatic heterocycles. The van der Waals surface area contributed by atoms with Crippen molar-refractivity contribution in [3.63, 3.8) is 0 Å². The molecular weight excluding hydrogens is 773 g/mol. The first-order valence-corrected chi connectivity index (χ1v) is 23.1. The highest BCUT2D eigenvalue weighted by Gasteiger charge is 2.56. The van der Waals surface area contributed by atoms with Crippen molar-refractivity contribution in [3.05, 3.63) is 0 Å². The Morgan fingerprint density at radius 3 is 2.07 bits per heavy atom. The van der Waals surface area contributed by atoms with Crippen LogP contribution >= 0.6 is 15.2 Å². The first-order valence-electron chi connectivity index (χ1n) is 19.2. The summed E-state index contributed by atoms with van der Waals surface area (Å²) in [5.41, 5.74) is 0. The first kappa shape index (κ1) is 48.7. The summed E-state index contributed by atoms with van der Waals surface area (Å²) < 4.78 is 82.0. The fraction of sp³-hybridized carbons (Fsp3) is 0.971. The Hall–Kier alpha value is -0.700. The van der Waals surface area contributed by atoms with Gasteiger partial charge in [-0.2, -0.15) is 0 Å². The van der Waals surface area contributed by atoms with Gasteiger partial charge in [0.05, 0.1) is 19.3 Å². The molecule has 3 heterocycles. The molecule has 18 nitrogen and oxygen atoms in total. The highest BCUT2D eigenvalue weighted by Crippen LogP contribution is 2.62. The van der Waals surface area contributed by atoms with E-state index in [1.165, 1.54) is 0 Å². The van der Waals surface area contributed by atoms with E-state index >= 15 is 0 Å². The van der Waals surface area contributed by atoms with Gasteiger partial charge >= 0.3 is 15.2 Å². The number of carbonyl (C=O) groups excluding carboxylic acids is 1. The van der Waals surface area contributed by atoms with E-state index in [0.717, 1.165) is 45.7 Å². The maximum atomic E-state index is 13.0. The summed E-state index contributed by atoms with van der Waals surface area (Å²) in [5, 5.41) is 61.0. The van der Waals surface area contributed by atoms with E-state index in [1.807, 2.05) is 7.05 Å². The average molecular weight is 839 g/mol. The maximum absolute atomic E-state index is 13.0. The maximum Gasteiger partial charge on any atom is 0.367 e. The number of aliphatic hydroxyl groups is 5. The predicted octanol–water partition coefficient (Wildman–Crippen LogP) is 2.33. The predicted molar refractivity (Wildman–Crippen MR) is 195 cm³/mol. The second-order valence-corrected chi connectivity index (χ2v) is 19.2. The Morgan fingerprint density at radius 1 is 0.927 bits per heavy atom. The van der Waals surface area contributed by atoms with Crippen LogP contribution in [0.2, 0.25) is 0 Å². The molecule has 3 rings (SSSR count). The molecule has 324 valence electrons. The molecule has 0 aromatic rings. The second kappa shape index (κ2) is 21.0. The fourth-order valence-corrected chi connectivity index (χ4v) is 11.4. The molecule has 21 heteroatoms. The van der Waals surface area contributed by atoms with Gasteiger partial charge < -0.3 is 59.9 Å². The molecule has 3 fully saturated rings. The van der Waals surface area contributed by atoms with Crippen LogP contribution in [0.3, 0.4) is 0 Å². The monoisotopic (exact) mass is 838 g/mol. The van der Waals surface area contributed by atoms with Crippen LogP contribution in [-0.4, -0.2) is 144 Å². The number of nitrogens with one attached hydrogen (secondary N) is 2. The third-order valence-corrected chi connectivity index (χ3v) is 14.1. The average Bonchev–Trinajstić information content (AvgIpc) is 3.12. The molecular formula is C34H65FN2O16P2. The van der Waals surface area contributed by atoms with Gasteiger partial charge in [0, 0.05) is 32.7 Å². The summed E-state index contributed by atoms with van der Waals surface area (Å²) in [4.78, 5) is 12.2. The first-order chi connectivity index (χ1) is 25.8. The van der Waals surface area contributed by atoms with Gasteiger partial charge in [-0.1, -0.05) is 59.8 Å². The summed E-state index contributed by atoms with van der Waals surface area (Å²) in [5.74, 6) is -1.39. The Balaban J connectivity index is 1.93.